The highest BCUT2D eigenvalue weighted by Crippen LogP contribution is 2.12. The van der Waals surface area contributed by atoms with Crippen molar-refractivity contribution in [1.29, 1.82) is 0 Å². The van der Waals surface area contributed by atoms with Crippen LogP contribution in [0.15, 0.2) is 18.5 Å². The Morgan fingerprint density at radius 1 is 1.43 bits per heavy atom. The Hall–Kier alpha value is -1.09. The molecule has 0 fully saturated rings. The van der Waals surface area contributed by atoms with Gasteiger partial charge in [-0.25, -0.2) is 0 Å². The summed E-state index contributed by atoms with van der Waals surface area (Å²) in [7, 11) is 0. The highest BCUT2D eigenvalue weighted by molar-refractivity contribution is 5.49. The molecule has 0 aliphatic rings. The van der Waals surface area contributed by atoms with Gasteiger partial charge in [0, 0.05) is 42.8 Å². The zero-order chi connectivity index (χ0) is 10.4. The van der Waals surface area contributed by atoms with E-state index in [1.54, 1.807) is 0 Å². The molecule has 1 heterocycles. The first-order chi connectivity index (χ1) is 6.74. The summed E-state index contributed by atoms with van der Waals surface area (Å²) in [5, 5.41) is 6.70. The van der Waals surface area contributed by atoms with E-state index >= 15 is 0 Å². The van der Waals surface area contributed by atoms with Gasteiger partial charge in [-0.15, -0.1) is 0 Å². The lowest BCUT2D eigenvalue weighted by Gasteiger charge is -2.12. The Balaban J connectivity index is 2.64. The van der Waals surface area contributed by atoms with Crippen molar-refractivity contribution in [1.82, 2.24) is 10.3 Å². The van der Waals surface area contributed by atoms with Crippen molar-refractivity contribution in [3.8, 4) is 0 Å². The van der Waals surface area contributed by atoms with Crippen LogP contribution in [-0.2, 0) is 6.54 Å². The van der Waals surface area contributed by atoms with Crippen molar-refractivity contribution in [2.75, 3.05) is 11.9 Å². The molecule has 1 rings (SSSR count). The van der Waals surface area contributed by atoms with Gasteiger partial charge in [-0.1, -0.05) is 13.8 Å². The molecule has 0 saturated carbocycles. The van der Waals surface area contributed by atoms with Gasteiger partial charge >= 0.3 is 0 Å². The van der Waals surface area contributed by atoms with E-state index in [1.165, 1.54) is 11.3 Å². The standard InChI is InChI=1S/C11H19N3/c1-4-13-11-5-6-12-7-10(11)8-14-9(2)3/h5-7,9,14H,4,8H2,1-3H3,(H,12,13). The Morgan fingerprint density at radius 2 is 2.21 bits per heavy atom. The molecule has 2 N–H and O–H groups in total. The maximum absolute atomic E-state index is 4.13. The number of aromatic nitrogens is 1. The molecular formula is C11H19N3. The summed E-state index contributed by atoms with van der Waals surface area (Å²) >= 11 is 0. The third-order valence-corrected chi connectivity index (χ3v) is 1.97. The summed E-state index contributed by atoms with van der Waals surface area (Å²) in [6, 6.07) is 2.52. The molecule has 0 bridgehead atoms. The fourth-order valence-corrected chi connectivity index (χ4v) is 1.25. The van der Waals surface area contributed by atoms with Crippen LogP contribution in [0.3, 0.4) is 0 Å². The van der Waals surface area contributed by atoms with Crippen LogP contribution in [0.25, 0.3) is 0 Å². The molecule has 0 aliphatic carbocycles. The van der Waals surface area contributed by atoms with E-state index in [9.17, 15) is 0 Å². The first-order valence-electron chi connectivity index (χ1n) is 5.14. The average molecular weight is 193 g/mol. The van der Waals surface area contributed by atoms with Gasteiger partial charge in [-0.05, 0) is 13.0 Å². The molecule has 0 amide bonds. The molecule has 0 saturated heterocycles. The predicted molar refractivity (Wildman–Crippen MR) is 60.4 cm³/mol. The molecule has 0 radical (unpaired) electrons. The second-order valence-corrected chi connectivity index (χ2v) is 3.60. The fourth-order valence-electron chi connectivity index (χ4n) is 1.25. The summed E-state index contributed by atoms with van der Waals surface area (Å²) < 4.78 is 0. The molecule has 0 spiro atoms. The number of anilines is 1. The normalized spacial score (nSPS) is 10.6. The molecule has 0 aromatic carbocycles. The lowest BCUT2D eigenvalue weighted by molar-refractivity contribution is 0.588. The topological polar surface area (TPSA) is 37.0 Å². The van der Waals surface area contributed by atoms with Crippen LogP contribution in [0.1, 0.15) is 26.3 Å². The molecule has 3 nitrogen and oxygen atoms in total. The minimum atomic E-state index is 0.504. The quantitative estimate of drug-likeness (QED) is 0.751. The van der Waals surface area contributed by atoms with E-state index in [0.29, 0.717) is 6.04 Å². The SMILES string of the molecule is CCNc1ccncc1CNC(C)C. The molecule has 0 atom stereocenters. The van der Waals surface area contributed by atoms with Crippen molar-refractivity contribution in [2.24, 2.45) is 0 Å². The Kier molecular flexibility index (Phi) is 4.40. The Labute approximate surface area is 85.9 Å². The van der Waals surface area contributed by atoms with Gasteiger partial charge in [0.05, 0.1) is 0 Å². The molecule has 1 aromatic heterocycles. The summed E-state index contributed by atoms with van der Waals surface area (Å²) in [5.41, 5.74) is 2.40. The molecule has 1 aromatic rings. The Morgan fingerprint density at radius 3 is 2.86 bits per heavy atom. The first kappa shape index (κ1) is 11.0. The minimum Gasteiger partial charge on any atom is -0.385 e. The van der Waals surface area contributed by atoms with Gasteiger partial charge in [-0.2, -0.15) is 0 Å². The summed E-state index contributed by atoms with van der Waals surface area (Å²) in [6.07, 6.45) is 3.73. The first-order valence-corrected chi connectivity index (χ1v) is 5.14. The Bertz CT molecular complexity index is 271. The van der Waals surface area contributed by atoms with Crippen molar-refractivity contribution in [3.05, 3.63) is 24.0 Å². The van der Waals surface area contributed by atoms with E-state index in [-0.39, 0.29) is 0 Å². The largest absolute Gasteiger partial charge is 0.385 e. The van der Waals surface area contributed by atoms with Crippen LogP contribution in [0, 0.1) is 0 Å². The summed E-state index contributed by atoms with van der Waals surface area (Å²) in [4.78, 5) is 4.13. The van der Waals surface area contributed by atoms with E-state index < -0.39 is 0 Å². The third kappa shape index (κ3) is 3.34. The van der Waals surface area contributed by atoms with Gasteiger partial charge in [-0.3, -0.25) is 4.98 Å². The smallest absolute Gasteiger partial charge is 0.0416 e. The van der Waals surface area contributed by atoms with Crippen molar-refractivity contribution in [2.45, 2.75) is 33.4 Å². The van der Waals surface area contributed by atoms with Crippen LogP contribution >= 0.6 is 0 Å². The molecule has 78 valence electrons. The third-order valence-electron chi connectivity index (χ3n) is 1.97. The average Bonchev–Trinajstić information content (AvgIpc) is 2.17. The van der Waals surface area contributed by atoms with E-state index in [4.69, 9.17) is 0 Å². The van der Waals surface area contributed by atoms with Gasteiger partial charge in [0.25, 0.3) is 0 Å². The monoisotopic (exact) mass is 193 g/mol. The zero-order valence-electron chi connectivity index (χ0n) is 9.17. The molecule has 14 heavy (non-hydrogen) atoms. The number of nitrogens with one attached hydrogen (secondary N) is 2. The van der Waals surface area contributed by atoms with Crippen molar-refractivity contribution in [3.63, 3.8) is 0 Å². The number of hydrogen-bond donors (Lipinski definition) is 2. The summed E-state index contributed by atoms with van der Waals surface area (Å²) in [5.74, 6) is 0. The van der Waals surface area contributed by atoms with Gasteiger partial charge < -0.3 is 10.6 Å². The summed E-state index contributed by atoms with van der Waals surface area (Å²) in [6.45, 7) is 8.19. The van der Waals surface area contributed by atoms with Gasteiger partial charge in [0.2, 0.25) is 0 Å². The molecule has 3 heteroatoms. The maximum Gasteiger partial charge on any atom is 0.0416 e. The fraction of sp³-hybridized carbons (Fsp3) is 0.545. The number of rotatable bonds is 5. The lowest BCUT2D eigenvalue weighted by Crippen LogP contribution is -2.22. The van der Waals surface area contributed by atoms with E-state index in [0.717, 1.165) is 13.1 Å². The predicted octanol–water partition coefficient (Wildman–Crippen LogP) is 2.01. The molecule has 0 unspecified atom stereocenters. The minimum absolute atomic E-state index is 0.504. The second kappa shape index (κ2) is 5.60. The van der Waals surface area contributed by atoms with Crippen LogP contribution in [0.5, 0.6) is 0 Å². The number of pyridine rings is 1. The maximum atomic E-state index is 4.13. The lowest BCUT2D eigenvalue weighted by atomic mass is 10.2. The van der Waals surface area contributed by atoms with Crippen LogP contribution in [0.2, 0.25) is 0 Å². The highest BCUT2D eigenvalue weighted by atomic mass is 14.9. The van der Waals surface area contributed by atoms with E-state index in [2.05, 4.69) is 36.4 Å². The van der Waals surface area contributed by atoms with Gasteiger partial charge in [0.15, 0.2) is 0 Å². The van der Waals surface area contributed by atoms with E-state index in [1.807, 2.05) is 18.5 Å². The van der Waals surface area contributed by atoms with Crippen molar-refractivity contribution < 1.29 is 0 Å². The molecule has 0 aliphatic heterocycles. The second-order valence-electron chi connectivity index (χ2n) is 3.60. The van der Waals surface area contributed by atoms with Crippen LogP contribution in [0.4, 0.5) is 5.69 Å². The van der Waals surface area contributed by atoms with Crippen molar-refractivity contribution >= 4 is 5.69 Å². The molecular weight excluding hydrogens is 174 g/mol. The zero-order valence-corrected chi connectivity index (χ0v) is 9.17. The number of hydrogen-bond acceptors (Lipinski definition) is 3. The highest BCUT2D eigenvalue weighted by Gasteiger charge is 2.01. The van der Waals surface area contributed by atoms with Crippen LogP contribution in [-0.4, -0.2) is 17.6 Å². The van der Waals surface area contributed by atoms with Gasteiger partial charge in [0.1, 0.15) is 0 Å². The van der Waals surface area contributed by atoms with Crippen LogP contribution < -0.4 is 10.6 Å². The number of nitrogens with zero attached hydrogens (tertiary/aromatic N) is 1.